The fourth-order valence-electron chi connectivity index (χ4n) is 2.83. The monoisotopic (exact) mass is 298 g/mol. The Balaban J connectivity index is 1.55. The SMILES string of the molecule is CC1(C)Cc2cc(CNCC(O)c3ccncc3)ccc2O1. The Bertz CT molecular complexity index is 641. The number of fused-ring (bicyclic) bond motifs is 1. The van der Waals surface area contributed by atoms with Gasteiger partial charge in [-0.2, -0.15) is 0 Å². The van der Waals surface area contributed by atoms with Gasteiger partial charge in [-0.05, 0) is 48.7 Å². The van der Waals surface area contributed by atoms with Gasteiger partial charge in [0.1, 0.15) is 11.4 Å². The molecule has 0 saturated heterocycles. The zero-order chi connectivity index (χ0) is 15.6. The highest BCUT2D eigenvalue weighted by Crippen LogP contribution is 2.35. The van der Waals surface area contributed by atoms with Crippen LogP contribution in [0.2, 0.25) is 0 Å². The van der Waals surface area contributed by atoms with Crippen molar-refractivity contribution in [1.82, 2.24) is 10.3 Å². The Hall–Kier alpha value is -1.91. The number of benzene rings is 1. The number of hydrogen-bond acceptors (Lipinski definition) is 4. The molecule has 4 nitrogen and oxygen atoms in total. The van der Waals surface area contributed by atoms with E-state index < -0.39 is 6.10 Å². The molecule has 1 unspecified atom stereocenters. The number of rotatable bonds is 5. The molecule has 4 heteroatoms. The molecule has 22 heavy (non-hydrogen) atoms. The predicted molar refractivity (Wildman–Crippen MR) is 85.8 cm³/mol. The number of aliphatic hydroxyl groups excluding tert-OH is 1. The van der Waals surface area contributed by atoms with Gasteiger partial charge in [0.15, 0.2) is 0 Å². The lowest BCUT2D eigenvalue weighted by atomic mass is 10.0. The highest BCUT2D eigenvalue weighted by Gasteiger charge is 2.29. The molecule has 0 aliphatic carbocycles. The number of pyridine rings is 1. The maximum Gasteiger partial charge on any atom is 0.123 e. The number of hydrogen-bond donors (Lipinski definition) is 2. The Labute approximate surface area is 131 Å². The Morgan fingerprint density at radius 3 is 2.82 bits per heavy atom. The molecule has 0 fully saturated rings. The molecule has 0 saturated carbocycles. The standard InChI is InChI=1S/C18H22N2O2/c1-18(2)10-15-9-13(3-4-17(15)22-18)11-20-12-16(21)14-5-7-19-8-6-14/h3-9,16,20-21H,10-12H2,1-2H3. The summed E-state index contributed by atoms with van der Waals surface area (Å²) in [5.74, 6) is 0.991. The van der Waals surface area contributed by atoms with Crippen LogP contribution in [0.15, 0.2) is 42.7 Å². The van der Waals surface area contributed by atoms with Crippen LogP contribution in [-0.4, -0.2) is 22.2 Å². The summed E-state index contributed by atoms with van der Waals surface area (Å²) in [7, 11) is 0. The minimum absolute atomic E-state index is 0.105. The van der Waals surface area contributed by atoms with E-state index in [2.05, 4.69) is 36.3 Å². The van der Waals surface area contributed by atoms with E-state index >= 15 is 0 Å². The van der Waals surface area contributed by atoms with Crippen LogP contribution in [0.3, 0.4) is 0 Å². The van der Waals surface area contributed by atoms with Crippen molar-refractivity contribution in [1.29, 1.82) is 0 Å². The molecule has 0 spiro atoms. The van der Waals surface area contributed by atoms with Crippen LogP contribution in [0, 0.1) is 0 Å². The molecule has 1 aliphatic rings. The highest BCUT2D eigenvalue weighted by atomic mass is 16.5. The van der Waals surface area contributed by atoms with E-state index in [0.717, 1.165) is 24.3 Å². The average Bonchev–Trinajstić information content (AvgIpc) is 2.81. The van der Waals surface area contributed by atoms with Gasteiger partial charge in [0.2, 0.25) is 0 Å². The van der Waals surface area contributed by atoms with E-state index in [9.17, 15) is 5.11 Å². The third kappa shape index (κ3) is 3.46. The molecule has 2 heterocycles. The summed E-state index contributed by atoms with van der Waals surface area (Å²) in [4.78, 5) is 3.96. The van der Waals surface area contributed by atoms with Crippen LogP contribution < -0.4 is 10.1 Å². The smallest absolute Gasteiger partial charge is 0.123 e. The number of nitrogens with one attached hydrogen (secondary N) is 1. The maximum absolute atomic E-state index is 10.1. The summed E-state index contributed by atoms with van der Waals surface area (Å²) in [5.41, 5.74) is 3.25. The van der Waals surface area contributed by atoms with Crippen molar-refractivity contribution in [3.63, 3.8) is 0 Å². The predicted octanol–water partition coefficient (Wildman–Crippen LogP) is 2.62. The van der Waals surface area contributed by atoms with Crippen LogP contribution in [0.1, 0.15) is 36.6 Å². The zero-order valence-corrected chi connectivity index (χ0v) is 13.0. The van der Waals surface area contributed by atoms with Gasteiger partial charge < -0.3 is 15.2 Å². The second-order valence-corrected chi connectivity index (χ2v) is 6.41. The van der Waals surface area contributed by atoms with Gasteiger partial charge in [-0.1, -0.05) is 12.1 Å². The topological polar surface area (TPSA) is 54.4 Å². The summed E-state index contributed by atoms with van der Waals surface area (Å²) >= 11 is 0. The van der Waals surface area contributed by atoms with Crippen LogP contribution >= 0.6 is 0 Å². The van der Waals surface area contributed by atoms with E-state index in [0.29, 0.717) is 6.54 Å². The minimum atomic E-state index is -0.514. The van der Waals surface area contributed by atoms with Crippen molar-refractivity contribution in [2.24, 2.45) is 0 Å². The van der Waals surface area contributed by atoms with Crippen molar-refractivity contribution in [3.8, 4) is 5.75 Å². The molecule has 2 N–H and O–H groups in total. The molecule has 1 aromatic heterocycles. The average molecular weight is 298 g/mol. The Morgan fingerprint density at radius 1 is 1.27 bits per heavy atom. The van der Waals surface area contributed by atoms with Crippen molar-refractivity contribution in [3.05, 3.63) is 59.4 Å². The van der Waals surface area contributed by atoms with Crippen LogP contribution in [0.5, 0.6) is 5.75 Å². The molecule has 0 radical (unpaired) electrons. The van der Waals surface area contributed by atoms with Gasteiger partial charge in [0.25, 0.3) is 0 Å². The third-order valence-corrected chi connectivity index (χ3v) is 3.89. The molecular formula is C18H22N2O2. The van der Waals surface area contributed by atoms with E-state index in [1.807, 2.05) is 18.2 Å². The number of aromatic nitrogens is 1. The lowest BCUT2D eigenvalue weighted by molar-refractivity contribution is 0.138. The number of aliphatic hydroxyl groups is 1. The van der Waals surface area contributed by atoms with E-state index in [4.69, 9.17) is 4.74 Å². The molecule has 2 aromatic rings. The summed E-state index contributed by atoms with van der Waals surface area (Å²) < 4.78 is 5.88. The van der Waals surface area contributed by atoms with E-state index in [1.54, 1.807) is 12.4 Å². The highest BCUT2D eigenvalue weighted by molar-refractivity contribution is 5.41. The fourth-order valence-corrected chi connectivity index (χ4v) is 2.83. The number of ether oxygens (including phenoxy) is 1. The third-order valence-electron chi connectivity index (χ3n) is 3.89. The van der Waals surface area contributed by atoms with Gasteiger partial charge in [0.05, 0.1) is 6.10 Å². The maximum atomic E-state index is 10.1. The molecule has 1 aliphatic heterocycles. The minimum Gasteiger partial charge on any atom is -0.487 e. The fraction of sp³-hybridized carbons (Fsp3) is 0.389. The molecule has 0 amide bonds. The molecule has 0 bridgehead atoms. The number of nitrogens with zero attached hydrogens (tertiary/aromatic N) is 1. The van der Waals surface area contributed by atoms with Gasteiger partial charge in [-0.25, -0.2) is 0 Å². The summed E-state index contributed by atoms with van der Waals surface area (Å²) in [6, 6.07) is 9.98. The van der Waals surface area contributed by atoms with Crippen LogP contribution in [-0.2, 0) is 13.0 Å². The van der Waals surface area contributed by atoms with Crippen molar-refractivity contribution < 1.29 is 9.84 Å². The van der Waals surface area contributed by atoms with Crippen LogP contribution in [0.4, 0.5) is 0 Å². The molecule has 3 rings (SSSR count). The summed E-state index contributed by atoms with van der Waals surface area (Å²) in [6.45, 7) is 5.46. The molecule has 1 atom stereocenters. The van der Waals surface area contributed by atoms with Gasteiger partial charge in [-0.3, -0.25) is 4.98 Å². The van der Waals surface area contributed by atoms with Gasteiger partial charge in [-0.15, -0.1) is 0 Å². The van der Waals surface area contributed by atoms with Crippen LogP contribution in [0.25, 0.3) is 0 Å². The normalized spacial score (nSPS) is 16.9. The zero-order valence-electron chi connectivity index (χ0n) is 13.0. The largest absolute Gasteiger partial charge is 0.487 e. The lowest BCUT2D eigenvalue weighted by Crippen LogP contribution is -2.24. The van der Waals surface area contributed by atoms with Gasteiger partial charge in [0, 0.05) is 31.9 Å². The Kier molecular flexibility index (Phi) is 4.14. The molecule has 1 aromatic carbocycles. The summed E-state index contributed by atoms with van der Waals surface area (Å²) in [5, 5.41) is 13.4. The second-order valence-electron chi connectivity index (χ2n) is 6.41. The van der Waals surface area contributed by atoms with Gasteiger partial charge >= 0.3 is 0 Å². The molecular weight excluding hydrogens is 276 g/mol. The first kappa shape index (κ1) is 15.0. The summed E-state index contributed by atoms with van der Waals surface area (Å²) in [6.07, 6.45) is 3.82. The molecule has 116 valence electrons. The first-order valence-electron chi connectivity index (χ1n) is 7.63. The lowest BCUT2D eigenvalue weighted by Gasteiger charge is -2.16. The quantitative estimate of drug-likeness (QED) is 0.891. The van der Waals surface area contributed by atoms with Crippen molar-refractivity contribution in [2.45, 2.75) is 38.5 Å². The first-order valence-corrected chi connectivity index (χ1v) is 7.63. The van der Waals surface area contributed by atoms with E-state index in [1.165, 1.54) is 11.1 Å². The van der Waals surface area contributed by atoms with Crippen molar-refractivity contribution in [2.75, 3.05) is 6.54 Å². The van der Waals surface area contributed by atoms with Crippen molar-refractivity contribution >= 4 is 0 Å². The van der Waals surface area contributed by atoms with E-state index in [-0.39, 0.29) is 5.60 Å². The Morgan fingerprint density at radius 2 is 2.05 bits per heavy atom. The first-order chi connectivity index (χ1) is 10.5. The second kappa shape index (κ2) is 6.07.